The Kier molecular flexibility index (Phi) is 6.13. The van der Waals surface area contributed by atoms with Crippen LogP contribution < -0.4 is 0 Å². The fourth-order valence-electron chi connectivity index (χ4n) is 2.39. The lowest BCUT2D eigenvalue weighted by molar-refractivity contribution is 0.0730. The third-order valence-corrected chi connectivity index (χ3v) is 6.43. The molecule has 9 heteroatoms. The zero-order valence-electron chi connectivity index (χ0n) is 14.7. The summed E-state index contributed by atoms with van der Waals surface area (Å²) in [7, 11) is -3.56. The molecule has 1 fully saturated rings. The van der Waals surface area contributed by atoms with E-state index >= 15 is 0 Å². The number of benzene rings is 1. The zero-order chi connectivity index (χ0) is 18.6. The van der Waals surface area contributed by atoms with Gasteiger partial charge < -0.3 is 9.15 Å². The highest BCUT2D eigenvalue weighted by Gasteiger charge is 2.26. The van der Waals surface area contributed by atoms with Crippen molar-refractivity contribution in [3.63, 3.8) is 0 Å². The van der Waals surface area contributed by atoms with Crippen molar-refractivity contribution in [3.05, 3.63) is 35.9 Å². The third kappa shape index (κ3) is 4.53. The van der Waals surface area contributed by atoms with Gasteiger partial charge in [0.05, 0.1) is 18.1 Å². The van der Waals surface area contributed by atoms with Crippen LogP contribution in [0.25, 0.3) is 11.5 Å². The number of rotatable bonds is 6. The van der Waals surface area contributed by atoms with Crippen LogP contribution in [0, 0.1) is 0 Å². The topological polar surface area (TPSA) is 85.5 Å². The molecular formula is C17H21N3O4S2. The summed E-state index contributed by atoms with van der Waals surface area (Å²) in [6, 6.07) is 6.59. The highest BCUT2D eigenvalue weighted by molar-refractivity contribution is 7.99. The highest BCUT2D eigenvalue weighted by Crippen LogP contribution is 2.26. The highest BCUT2D eigenvalue weighted by atomic mass is 32.2. The molecule has 26 heavy (non-hydrogen) atoms. The van der Waals surface area contributed by atoms with Gasteiger partial charge in [-0.25, -0.2) is 8.42 Å². The van der Waals surface area contributed by atoms with Crippen LogP contribution in [0.4, 0.5) is 0 Å². The molecule has 1 aromatic heterocycles. The largest absolute Gasteiger partial charge is 0.411 e. The number of hydrogen-bond donors (Lipinski definition) is 0. The van der Waals surface area contributed by atoms with E-state index in [4.69, 9.17) is 9.15 Å². The molecule has 7 nitrogen and oxygen atoms in total. The summed E-state index contributed by atoms with van der Waals surface area (Å²) in [5.41, 5.74) is 1.80. The second-order valence-electron chi connectivity index (χ2n) is 6.01. The van der Waals surface area contributed by atoms with E-state index in [1.165, 1.54) is 21.6 Å². The smallest absolute Gasteiger partial charge is 0.277 e. The molecule has 0 N–H and O–H groups in total. The van der Waals surface area contributed by atoms with Crippen molar-refractivity contribution in [2.24, 2.45) is 0 Å². The standard InChI is InChI=1S/C17H21N3O4S2/c1-13(2)6-11-25-17-19-18-16(24-17)14-4-3-5-15(12-14)26(21,22)20-7-9-23-10-8-20/h3-6,12H,7-11H2,1-2H3. The summed E-state index contributed by atoms with van der Waals surface area (Å²) >= 11 is 1.44. The van der Waals surface area contributed by atoms with Crippen molar-refractivity contribution in [3.8, 4) is 11.5 Å². The fraction of sp³-hybridized carbons (Fsp3) is 0.412. The zero-order valence-corrected chi connectivity index (χ0v) is 16.3. The minimum Gasteiger partial charge on any atom is -0.411 e. The van der Waals surface area contributed by atoms with E-state index in [2.05, 4.69) is 16.3 Å². The maximum Gasteiger partial charge on any atom is 0.277 e. The van der Waals surface area contributed by atoms with Gasteiger partial charge in [0, 0.05) is 24.4 Å². The number of thioether (sulfide) groups is 1. The molecular weight excluding hydrogens is 374 g/mol. The van der Waals surface area contributed by atoms with Crippen molar-refractivity contribution in [2.45, 2.75) is 24.0 Å². The van der Waals surface area contributed by atoms with Crippen molar-refractivity contribution >= 4 is 21.8 Å². The van der Waals surface area contributed by atoms with Crippen LogP contribution in [-0.2, 0) is 14.8 Å². The Bertz CT molecular complexity index is 883. The number of nitrogens with zero attached hydrogens (tertiary/aromatic N) is 3. The van der Waals surface area contributed by atoms with Gasteiger partial charge in [-0.2, -0.15) is 4.31 Å². The van der Waals surface area contributed by atoms with Gasteiger partial charge in [-0.1, -0.05) is 29.5 Å². The van der Waals surface area contributed by atoms with E-state index in [-0.39, 0.29) is 4.90 Å². The molecule has 1 saturated heterocycles. The normalized spacial score (nSPS) is 15.8. The van der Waals surface area contributed by atoms with Gasteiger partial charge in [0.15, 0.2) is 0 Å². The van der Waals surface area contributed by atoms with E-state index < -0.39 is 10.0 Å². The molecule has 0 spiro atoms. The molecule has 2 aromatic rings. The first kappa shape index (κ1) is 19.1. The van der Waals surface area contributed by atoms with Gasteiger partial charge in [0.25, 0.3) is 5.22 Å². The van der Waals surface area contributed by atoms with Crippen LogP contribution in [0.5, 0.6) is 0 Å². The van der Waals surface area contributed by atoms with Crippen molar-refractivity contribution in [1.82, 2.24) is 14.5 Å². The first-order chi connectivity index (χ1) is 12.5. The van der Waals surface area contributed by atoms with Crippen LogP contribution in [-0.4, -0.2) is 55.0 Å². The van der Waals surface area contributed by atoms with E-state index in [0.717, 1.165) is 5.75 Å². The van der Waals surface area contributed by atoms with Crippen LogP contribution >= 0.6 is 11.8 Å². The SMILES string of the molecule is CC(C)=CCSc1nnc(-c2cccc(S(=O)(=O)N3CCOCC3)c2)o1. The van der Waals surface area contributed by atoms with Gasteiger partial charge in [0.1, 0.15) is 0 Å². The summed E-state index contributed by atoms with van der Waals surface area (Å²) in [6.45, 7) is 5.60. The van der Waals surface area contributed by atoms with E-state index in [1.807, 2.05) is 13.8 Å². The molecule has 140 valence electrons. The Labute approximate surface area is 157 Å². The summed E-state index contributed by atoms with van der Waals surface area (Å²) < 4.78 is 37.9. The Balaban J connectivity index is 1.79. The molecule has 0 atom stereocenters. The number of morpholine rings is 1. The molecule has 2 heterocycles. The van der Waals surface area contributed by atoms with E-state index in [1.54, 1.807) is 24.3 Å². The Hall–Kier alpha value is -1.68. The summed E-state index contributed by atoms with van der Waals surface area (Å²) in [5.74, 6) is 1.05. The van der Waals surface area contributed by atoms with Gasteiger partial charge in [0.2, 0.25) is 15.9 Å². The average molecular weight is 396 g/mol. The first-order valence-corrected chi connectivity index (χ1v) is 10.7. The monoisotopic (exact) mass is 395 g/mol. The lowest BCUT2D eigenvalue weighted by atomic mass is 10.2. The lowest BCUT2D eigenvalue weighted by Gasteiger charge is -2.26. The van der Waals surface area contributed by atoms with Crippen molar-refractivity contribution < 1.29 is 17.6 Å². The number of sulfonamides is 1. The molecule has 0 radical (unpaired) electrons. The Morgan fingerprint density at radius 1 is 1.27 bits per heavy atom. The summed E-state index contributed by atoms with van der Waals surface area (Å²) in [4.78, 5) is 0.217. The predicted molar refractivity (Wildman–Crippen MR) is 99.5 cm³/mol. The molecule has 3 rings (SSSR count). The lowest BCUT2D eigenvalue weighted by Crippen LogP contribution is -2.40. The minimum absolute atomic E-state index is 0.217. The molecule has 1 aromatic carbocycles. The van der Waals surface area contributed by atoms with Gasteiger partial charge >= 0.3 is 0 Å². The van der Waals surface area contributed by atoms with Gasteiger partial charge in [-0.05, 0) is 32.0 Å². The summed E-state index contributed by atoms with van der Waals surface area (Å²) in [5, 5.41) is 8.50. The maximum atomic E-state index is 12.8. The summed E-state index contributed by atoms with van der Waals surface area (Å²) in [6.07, 6.45) is 2.07. The molecule has 0 bridgehead atoms. The molecule has 1 aliphatic heterocycles. The van der Waals surface area contributed by atoms with Crippen molar-refractivity contribution in [2.75, 3.05) is 32.1 Å². The first-order valence-electron chi connectivity index (χ1n) is 8.25. The van der Waals surface area contributed by atoms with Gasteiger partial charge in [-0.15, -0.1) is 10.2 Å². The second kappa shape index (κ2) is 8.34. The number of hydrogen-bond acceptors (Lipinski definition) is 7. The van der Waals surface area contributed by atoms with Crippen LogP contribution in [0.15, 0.2) is 50.4 Å². The third-order valence-electron chi connectivity index (χ3n) is 3.79. The second-order valence-corrected chi connectivity index (χ2v) is 8.92. The van der Waals surface area contributed by atoms with Gasteiger partial charge in [-0.3, -0.25) is 0 Å². The average Bonchev–Trinajstić information content (AvgIpc) is 3.11. The number of ether oxygens (including phenoxy) is 1. The van der Waals surface area contributed by atoms with Crippen molar-refractivity contribution in [1.29, 1.82) is 0 Å². The fourth-order valence-corrected chi connectivity index (χ4v) is 4.64. The maximum absolute atomic E-state index is 12.8. The van der Waals surface area contributed by atoms with Crippen LogP contribution in [0.3, 0.4) is 0 Å². The molecule has 0 amide bonds. The quantitative estimate of drug-likeness (QED) is 0.549. The Morgan fingerprint density at radius 3 is 2.77 bits per heavy atom. The molecule has 1 aliphatic rings. The molecule has 0 aliphatic carbocycles. The minimum atomic E-state index is -3.56. The van der Waals surface area contributed by atoms with E-state index in [9.17, 15) is 8.42 Å². The molecule has 0 unspecified atom stereocenters. The molecule has 0 saturated carbocycles. The van der Waals surface area contributed by atoms with Crippen LogP contribution in [0.1, 0.15) is 13.8 Å². The Morgan fingerprint density at radius 2 is 2.04 bits per heavy atom. The number of aromatic nitrogens is 2. The predicted octanol–water partition coefficient (Wildman–Crippen LogP) is 2.82. The number of allylic oxidation sites excluding steroid dienone is 1. The van der Waals surface area contributed by atoms with Crippen LogP contribution in [0.2, 0.25) is 0 Å². The van der Waals surface area contributed by atoms with E-state index in [0.29, 0.717) is 43.0 Å².